The normalized spacial score (nSPS) is 29.0. The highest BCUT2D eigenvalue weighted by atomic mass is 32.2. The van der Waals surface area contributed by atoms with Crippen LogP contribution in [0.5, 0.6) is 5.88 Å². The molecule has 0 radical (unpaired) electrons. The highest BCUT2D eigenvalue weighted by Crippen LogP contribution is 2.41. The van der Waals surface area contributed by atoms with Gasteiger partial charge >= 0.3 is 0 Å². The molecule has 2 fully saturated rings. The summed E-state index contributed by atoms with van der Waals surface area (Å²) >= 11 is 0. The van der Waals surface area contributed by atoms with Crippen LogP contribution in [0.4, 0.5) is 0 Å². The lowest BCUT2D eigenvalue weighted by Gasteiger charge is -2.49. The predicted molar refractivity (Wildman–Crippen MR) is 86.8 cm³/mol. The fraction of sp³-hybridized carbons (Fsp3) is 0.688. The molecule has 128 valence electrons. The number of hydrogen-bond acceptors (Lipinski definition) is 5. The van der Waals surface area contributed by atoms with E-state index in [1.165, 1.54) is 0 Å². The third-order valence-corrected chi connectivity index (χ3v) is 6.68. The minimum atomic E-state index is -3.19. The Morgan fingerprint density at radius 3 is 3.09 bits per heavy atom. The molecule has 6 nitrogen and oxygen atoms in total. The van der Waals surface area contributed by atoms with Crippen molar-refractivity contribution >= 4 is 10.0 Å². The summed E-state index contributed by atoms with van der Waals surface area (Å²) in [6.45, 7) is 3.88. The zero-order chi connectivity index (χ0) is 16.3. The number of ether oxygens (including phenoxy) is 2. The largest absolute Gasteiger partial charge is 0.477 e. The lowest BCUT2D eigenvalue weighted by molar-refractivity contribution is -0.128. The van der Waals surface area contributed by atoms with E-state index in [0.29, 0.717) is 25.6 Å². The molecule has 2 atom stereocenters. The van der Waals surface area contributed by atoms with Crippen molar-refractivity contribution in [2.24, 2.45) is 5.41 Å². The van der Waals surface area contributed by atoms with Crippen molar-refractivity contribution in [1.29, 1.82) is 0 Å². The molecule has 7 heteroatoms. The van der Waals surface area contributed by atoms with Crippen LogP contribution in [-0.4, -0.2) is 55.9 Å². The Morgan fingerprint density at radius 1 is 1.48 bits per heavy atom. The molecule has 1 aromatic rings. The zero-order valence-electron chi connectivity index (χ0n) is 13.5. The zero-order valence-corrected chi connectivity index (χ0v) is 14.3. The topological polar surface area (TPSA) is 68.7 Å². The van der Waals surface area contributed by atoms with Crippen LogP contribution in [0.1, 0.15) is 26.2 Å². The van der Waals surface area contributed by atoms with Crippen LogP contribution in [-0.2, 0) is 14.8 Å². The van der Waals surface area contributed by atoms with E-state index in [1.54, 1.807) is 17.4 Å². The van der Waals surface area contributed by atoms with Gasteiger partial charge in [-0.05, 0) is 32.3 Å². The van der Waals surface area contributed by atoms with Crippen LogP contribution < -0.4 is 4.74 Å². The summed E-state index contributed by atoms with van der Waals surface area (Å²) in [6.07, 6.45) is 4.33. The highest BCUT2D eigenvalue weighted by Gasteiger charge is 2.48. The molecule has 0 spiro atoms. The smallest absolute Gasteiger partial charge is 0.213 e. The van der Waals surface area contributed by atoms with Gasteiger partial charge in [0.25, 0.3) is 0 Å². The highest BCUT2D eigenvalue weighted by molar-refractivity contribution is 7.89. The summed E-state index contributed by atoms with van der Waals surface area (Å²) in [6, 6.07) is 5.54. The van der Waals surface area contributed by atoms with E-state index in [-0.39, 0.29) is 17.3 Å². The lowest BCUT2D eigenvalue weighted by atomic mass is 9.73. The number of hydrogen-bond donors (Lipinski definition) is 0. The van der Waals surface area contributed by atoms with E-state index >= 15 is 0 Å². The summed E-state index contributed by atoms with van der Waals surface area (Å²) in [7, 11) is -3.19. The number of nitrogens with zero attached hydrogens (tertiary/aromatic N) is 2. The Balaban J connectivity index is 1.78. The Bertz CT molecular complexity index is 622. The SMILES string of the molecule is CCS(=O)(=O)N1CC[C@@H]2OCCC[C@@]2(COc2ccccn2)C1. The van der Waals surface area contributed by atoms with Gasteiger partial charge in [-0.15, -0.1) is 0 Å². The van der Waals surface area contributed by atoms with Crippen LogP contribution in [0.25, 0.3) is 0 Å². The maximum atomic E-state index is 12.3. The molecule has 0 N–H and O–H groups in total. The molecule has 0 aromatic carbocycles. The summed E-state index contributed by atoms with van der Waals surface area (Å²) in [5, 5.41) is 0. The average molecular weight is 340 g/mol. The Morgan fingerprint density at radius 2 is 2.35 bits per heavy atom. The van der Waals surface area contributed by atoms with Crippen LogP contribution in [0.3, 0.4) is 0 Å². The Labute approximate surface area is 137 Å². The van der Waals surface area contributed by atoms with Crippen molar-refractivity contribution in [2.75, 3.05) is 32.1 Å². The van der Waals surface area contributed by atoms with Crippen LogP contribution in [0, 0.1) is 5.41 Å². The van der Waals surface area contributed by atoms with E-state index in [1.807, 2.05) is 18.2 Å². The summed E-state index contributed by atoms with van der Waals surface area (Å²) in [4.78, 5) is 4.19. The molecule has 2 aliphatic rings. The Hall–Kier alpha value is -1.18. The molecule has 0 amide bonds. The second-order valence-electron chi connectivity index (χ2n) is 6.30. The van der Waals surface area contributed by atoms with E-state index < -0.39 is 10.0 Å². The number of rotatable bonds is 5. The van der Waals surface area contributed by atoms with Crippen molar-refractivity contribution in [2.45, 2.75) is 32.3 Å². The summed E-state index contributed by atoms with van der Waals surface area (Å²) in [5.41, 5.74) is -0.281. The van der Waals surface area contributed by atoms with Gasteiger partial charge in [-0.3, -0.25) is 0 Å². The van der Waals surface area contributed by atoms with Crippen molar-refractivity contribution in [1.82, 2.24) is 9.29 Å². The van der Waals surface area contributed by atoms with Crippen molar-refractivity contribution in [3.05, 3.63) is 24.4 Å². The molecule has 0 aliphatic carbocycles. The molecule has 3 rings (SSSR count). The third-order valence-electron chi connectivity index (χ3n) is 4.86. The first kappa shape index (κ1) is 16.7. The van der Waals surface area contributed by atoms with E-state index in [2.05, 4.69) is 4.98 Å². The predicted octanol–water partition coefficient (Wildman–Crippen LogP) is 1.68. The summed E-state index contributed by atoms with van der Waals surface area (Å²) in [5.74, 6) is 0.706. The molecular weight excluding hydrogens is 316 g/mol. The molecule has 2 saturated heterocycles. The molecular formula is C16H24N2O4S. The molecule has 2 aliphatic heterocycles. The lowest BCUT2D eigenvalue weighted by Crippen LogP contribution is -2.58. The first-order valence-corrected chi connectivity index (χ1v) is 9.80. The Kier molecular flexibility index (Phi) is 4.89. The fourth-order valence-corrected chi connectivity index (χ4v) is 4.73. The first-order chi connectivity index (χ1) is 11.1. The van der Waals surface area contributed by atoms with Gasteiger partial charge in [-0.1, -0.05) is 6.07 Å². The van der Waals surface area contributed by atoms with Crippen molar-refractivity contribution in [3.8, 4) is 5.88 Å². The van der Waals surface area contributed by atoms with Gasteiger partial charge < -0.3 is 9.47 Å². The number of fused-ring (bicyclic) bond motifs is 1. The number of pyridine rings is 1. The van der Waals surface area contributed by atoms with Gasteiger partial charge in [0, 0.05) is 37.4 Å². The monoisotopic (exact) mass is 340 g/mol. The van der Waals surface area contributed by atoms with Gasteiger partial charge in [0.15, 0.2) is 0 Å². The number of piperidine rings is 1. The molecule has 0 saturated carbocycles. The number of sulfonamides is 1. The van der Waals surface area contributed by atoms with E-state index in [4.69, 9.17) is 9.47 Å². The quantitative estimate of drug-likeness (QED) is 0.816. The van der Waals surface area contributed by atoms with Gasteiger partial charge in [0.1, 0.15) is 0 Å². The fourth-order valence-electron chi connectivity index (χ4n) is 3.53. The van der Waals surface area contributed by atoms with Gasteiger partial charge in [-0.2, -0.15) is 0 Å². The van der Waals surface area contributed by atoms with Gasteiger partial charge in [-0.25, -0.2) is 17.7 Å². The van der Waals surface area contributed by atoms with Gasteiger partial charge in [0.05, 0.1) is 18.5 Å². The molecule has 3 heterocycles. The summed E-state index contributed by atoms with van der Waals surface area (Å²) < 4.78 is 38.0. The minimum Gasteiger partial charge on any atom is -0.477 e. The van der Waals surface area contributed by atoms with Crippen molar-refractivity contribution < 1.29 is 17.9 Å². The maximum absolute atomic E-state index is 12.3. The molecule has 23 heavy (non-hydrogen) atoms. The maximum Gasteiger partial charge on any atom is 0.213 e. The molecule has 1 aromatic heterocycles. The minimum absolute atomic E-state index is 0.0586. The number of aromatic nitrogens is 1. The molecule has 0 bridgehead atoms. The standard InChI is InChI=1S/C16H24N2O4S/c1-2-23(19,20)18-10-7-14-16(12-18,8-5-11-21-14)13-22-15-6-3-4-9-17-15/h3-4,6,9,14H,2,5,7-8,10-13H2,1H3/t14-,16-/m0/s1. The van der Waals surface area contributed by atoms with Crippen LogP contribution >= 0.6 is 0 Å². The second-order valence-corrected chi connectivity index (χ2v) is 8.56. The van der Waals surface area contributed by atoms with Crippen LogP contribution in [0.2, 0.25) is 0 Å². The average Bonchev–Trinajstić information content (AvgIpc) is 2.60. The first-order valence-electron chi connectivity index (χ1n) is 8.19. The van der Waals surface area contributed by atoms with Gasteiger partial charge in [0.2, 0.25) is 15.9 Å². The molecule has 0 unspecified atom stereocenters. The third kappa shape index (κ3) is 3.51. The van der Waals surface area contributed by atoms with Crippen molar-refractivity contribution in [3.63, 3.8) is 0 Å². The van der Waals surface area contributed by atoms with E-state index in [9.17, 15) is 8.42 Å². The van der Waals surface area contributed by atoms with E-state index in [0.717, 1.165) is 25.9 Å². The van der Waals surface area contributed by atoms with Crippen LogP contribution in [0.15, 0.2) is 24.4 Å². The second kappa shape index (κ2) is 6.75.